The van der Waals surface area contributed by atoms with Gasteiger partial charge in [0, 0.05) is 0 Å². The zero-order valence-electron chi connectivity index (χ0n) is 14.1. The number of carboxylic acid groups (broad SMARTS) is 1. The number of ketones is 1. The Morgan fingerprint density at radius 1 is 1.15 bits per heavy atom. The van der Waals surface area contributed by atoms with E-state index in [0.29, 0.717) is 5.56 Å². The van der Waals surface area contributed by atoms with Crippen LogP contribution in [0.15, 0.2) is 18.2 Å². The fourth-order valence-corrected chi connectivity index (χ4v) is 2.47. The average Bonchev–Trinajstić information content (AvgIpc) is 2.60. The van der Waals surface area contributed by atoms with Gasteiger partial charge in [0.25, 0.3) is 0 Å². The van der Waals surface area contributed by atoms with Gasteiger partial charge in [-0.1, -0.05) is 6.07 Å². The number of carbonyl (C=O) groups is 3. The van der Waals surface area contributed by atoms with Crippen LogP contribution in [0, 0.1) is 0 Å². The van der Waals surface area contributed by atoms with Crippen LogP contribution < -0.4 is 4.74 Å². The molecule has 0 aliphatic carbocycles. The first-order valence-corrected chi connectivity index (χ1v) is 7.77. The van der Waals surface area contributed by atoms with E-state index in [1.807, 2.05) is 0 Å². The molecule has 1 saturated heterocycles. The number of aliphatic hydroxyl groups is 3. The van der Waals surface area contributed by atoms with Crippen LogP contribution >= 0.6 is 0 Å². The maximum Gasteiger partial charge on any atom is 0.335 e. The lowest BCUT2D eigenvalue weighted by Crippen LogP contribution is -2.61. The van der Waals surface area contributed by atoms with E-state index in [1.54, 1.807) is 0 Å². The van der Waals surface area contributed by atoms with E-state index >= 15 is 0 Å². The molecule has 11 heteroatoms. The molecule has 1 heterocycles. The van der Waals surface area contributed by atoms with Crippen molar-refractivity contribution in [2.24, 2.45) is 0 Å². The number of aliphatic hydroxyl groups excluding tert-OH is 3. The zero-order valence-corrected chi connectivity index (χ0v) is 14.1. The van der Waals surface area contributed by atoms with Crippen molar-refractivity contribution in [1.82, 2.24) is 0 Å². The molecule has 1 fully saturated rings. The lowest BCUT2D eigenvalue weighted by Gasteiger charge is -2.38. The largest absolute Gasteiger partial charge is 0.479 e. The number of carbonyl (C=O) groups excluding carboxylic acids is 2. The topological polar surface area (TPSA) is 160 Å². The third-order valence-electron chi connectivity index (χ3n) is 3.86. The molecule has 0 aromatic heterocycles. The van der Waals surface area contributed by atoms with Crippen molar-refractivity contribution in [2.45, 2.75) is 44.2 Å². The minimum absolute atomic E-state index is 0.0313. The summed E-state index contributed by atoms with van der Waals surface area (Å²) in [7, 11) is 4.88. The second kappa shape index (κ2) is 8.48. The van der Waals surface area contributed by atoms with Crippen molar-refractivity contribution in [3.05, 3.63) is 29.3 Å². The molecule has 0 spiro atoms. The number of aliphatic carboxylic acids is 1. The van der Waals surface area contributed by atoms with Crippen LogP contribution in [0.25, 0.3) is 0 Å². The van der Waals surface area contributed by atoms with E-state index in [-0.39, 0.29) is 17.9 Å². The molecule has 5 atom stereocenters. The molecule has 144 valence electrons. The first-order chi connectivity index (χ1) is 12.6. The van der Waals surface area contributed by atoms with E-state index in [4.69, 9.17) is 22.4 Å². The summed E-state index contributed by atoms with van der Waals surface area (Å²) in [6.07, 6.45) is -8.96. The van der Waals surface area contributed by atoms with E-state index < -0.39 is 48.3 Å². The van der Waals surface area contributed by atoms with E-state index in [0.717, 1.165) is 0 Å². The van der Waals surface area contributed by atoms with E-state index in [9.17, 15) is 29.7 Å². The number of hydrogen-bond donors (Lipinski definition) is 4. The van der Waals surface area contributed by atoms with Crippen LogP contribution in [-0.2, 0) is 20.9 Å². The fraction of sp³-hybridized carbons (Fsp3) is 0.438. The summed E-state index contributed by atoms with van der Waals surface area (Å²) in [5, 5.41) is 38.5. The van der Waals surface area contributed by atoms with Crippen molar-refractivity contribution < 1.29 is 49.0 Å². The lowest BCUT2D eigenvalue weighted by atomic mass is 9.99. The predicted molar refractivity (Wildman–Crippen MR) is 87.3 cm³/mol. The summed E-state index contributed by atoms with van der Waals surface area (Å²) in [5.74, 6) is -3.06. The van der Waals surface area contributed by atoms with Crippen molar-refractivity contribution in [1.29, 1.82) is 0 Å². The van der Waals surface area contributed by atoms with Gasteiger partial charge in [-0.25, -0.2) is 4.79 Å². The highest BCUT2D eigenvalue weighted by Crippen LogP contribution is 2.28. The summed E-state index contributed by atoms with van der Waals surface area (Å²) in [4.78, 5) is 33.7. The summed E-state index contributed by atoms with van der Waals surface area (Å²) < 4.78 is 15.0. The molecule has 10 nitrogen and oxygen atoms in total. The molecule has 4 N–H and O–H groups in total. The van der Waals surface area contributed by atoms with Crippen molar-refractivity contribution in [3.63, 3.8) is 0 Å². The Labute approximate surface area is 154 Å². The van der Waals surface area contributed by atoms with Crippen molar-refractivity contribution >= 4 is 25.5 Å². The van der Waals surface area contributed by atoms with Gasteiger partial charge in [0.15, 0.2) is 11.9 Å². The smallest absolute Gasteiger partial charge is 0.335 e. The van der Waals surface area contributed by atoms with Crippen LogP contribution in [0.4, 0.5) is 4.79 Å². The van der Waals surface area contributed by atoms with Gasteiger partial charge in [0.2, 0.25) is 20.0 Å². The van der Waals surface area contributed by atoms with Crippen LogP contribution in [0.3, 0.4) is 0 Å². The molecule has 1 aromatic carbocycles. The molecule has 2 rings (SSSR count). The second-order valence-corrected chi connectivity index (χ2v) is 5.85. The van der Waals surface area contributed by atoms with Crippen LogP contribution in [-0.4, -0.2) is 76.6 Å². The van der Waals surface area contributed by atoms with E-state index in [1.165, 1.54) is 25.1 Å². The highest BCUT2D eigenvalue weighted by atomic mass is 16.7. The minimum atomic E-state index is -1.86. The molecular formula is C16H17BO10. The van der Waals surface area contributed by atoms with Crippen LogP contribution in [0.2, 0.25) is 0 Å². The number of benzene rings is 1. The summed E-state index contributed by atoms with van der Waals surface area (Å²) >= 11 is 0. The monoisotopic (exact) mass is 380 g/mol. The van der Waals surface area contributed by atoms with Gasteiger partial charge in [-0.2, -0.15) is 0 Å². The minimum Gasteiger partial charge on any atom is -0.479 e. The van der Waals surface area contributed by atoms with Crippen molar-refractivity contribution in [2.75, 3.05) is 0 Å². The van der Waals surface area contributed by atoms with Gasteiger partial charge in [-0.05, 0) is 24.6 Å². The molecule has 0 unspecified atom stereocenters. The highest BCUT2D eigenvalue weighted by molar-refractivity contribution is 6.55. The SMILES string of the molecule is [B]C(=O)OCc1ccc(O[C@@H]2O[C@H](C(=O)O)[C@@H](O)[C@H](O)[C@H]2O)c(C(C)=O)c1. The fourth-order valence-electron chi connectivity index (χ4n) is 2.47. The molecule has 2 radical (unpaired) electrons. The first kappa shape index (κ1) is 20.8. The third kappa shape index (κ3) is 4.83. The first-order valence-electron chi connectivity index (χ1n) is 7.77. The summed E-state index contributed by atoms with van der Waals surface area (Å²) in [6.45, 7) is 1.04. The van der Waals surface area contributed by atoms with Gasteiger partial charge in [-0.3, -0.25) is 9.59 Å². The Balaban J connectivity index is 2.25. The highest BCUT2D eigenvalue weighted by Gasteiger charge is 2.48. The maximum atomic E-state index is 11.9. The molecule has 0 saturated carbocycles. The quantitative estimate of drug-likeness (QED) is 0.355. The normalized spacial score (nSPS) is 27.6. The van der Waals surface area contributed by atoms with Gasteiger partial charge in [0.05, 0.1) is 5.56 Å². The number of rotatable bonds is 6. The number of Topliss-reactive ketones (excluding diaryl/α,β-unsaturated/α-hetero) is 1. The van der Waals surface area contributed by atoms with Gasteiger partial charge >= 0.3 is 5.97 Å². The average molecular weight is 380 g/mol. The Hall–Kier alpha value is -2.47. The Morgan fingerprint density at radius 2 is 1.81 bits per heavy atom. The van der Waals surface area contributed by atoms with Crippen LogP contribution in [0.5, 0.6) is 5.75 Å². The Bertz CT molecular complexity index is 736. The molecule has 1 aliphatic rings. The number of ether oxygens (including phenoxy) is 3. The third-order valence-corrected chi connectivity index (χ3v) is 3.86. The number of carboxylic acids is 1. The van der Waals surface area contributed by atoms with Crippen molar-refractivity contribution in [3.8, 4) is 5.75 Å². The standard InChI is InChI=1S/C16H17BO10/c1-6(18)8-4-7(5-25-16(17)24)2-3-9(8)26-15-12(21)10(19)11(20)13(27-15)14(22)23/h2-4,10-13,15,19-21H,5H2,1H3,(H,22,23)/t10-,11-,12+,13-,15+/m0/s1. The Kier molecular flexibility index (Phi) is 6.55. The second-order valence-electron chi connectivity index (χ2n) is 5.85. The molecule has 0 amide bonds. The molecule has 1 aromatic rings. The van der Waals surface area contributed by atoms with Gasteiger partial charge < -0.3 is 34.6 Å². The van der Waals surface area contributed by atoms with Crippen LogP contribution in [0.1, 0.15) is 22.8 Å². The zero-order chi connectivity index (χ0) is 20.3. The van der Waals surface area contributed by atoms with E-state index in [2.05, 4.69) is 4.74 Å². The molecule has 27 heavy (non-hydrogen) atoms. The maximum absolute atomic E-state index is 11.9. The van der Waals surface area contributed by atoms with Gasteiger partial charge in [0.1, 0.15) is 30.7 Å². The number of hydrogen-bond acceptors (Lipinski definition) is 9. The summed E-state index contributed by atoms with van der Waals surface area (Å²) in [6, 6.07) is 4.12. The predicted octanol–water partition coefficient (Wildman–Crippen LogP) is -1.03. The Morgan fingerprint density at radius 3 is 2.37 bits per heavy atom. The van der Waals surface area contributed by atoms with Gasteiger partial charge in [-0.15, -0.1) is 0 Å². The summed E-state index contributed by atoms with van der Waals surface area (Å²) in [5.41, 5.74) is 0.458. The molecule has 0 bridgehead atoms. The molecule has 1 aliphatic heterocycles. The lowest BCUT2D eigenvalue weighted by molar-refractivity contribution is -0.271. The molecular weight excluding hydrogens is 363 g/mol.